The van der Waals surface area contributed by atoms with Gasteiger partial charge in [-0.3, -0.25) is 0 Å². The van der Waals surface area contributed by atoms with Gasteiger partial charge in [-0.1, -0.05) is 24.3 Å². The summed E-state index contributed by atoms with van der Waals surface area (Å²) in [5, 5.41) is 32.9. The molecular weight excluding hydrogens is 488 g/mol. The second-order valence-corrected chi connectivity index (χ2v) is 13.3. The third-order valence-corrected chi connectivity index (χ3v) is 7.54. The van der Waals surface area contributed by atoms with Gasteiger partial charge in [0, 0.05) is 47.6 Å². The van der Waals surface area contributed by atoms with Gasteiger partial charge in [0.05, 0.1) is 0 Å². The van der Waals surface area contributed by atoms with Crippen LogP contribution >= 0.6 is 0 Å². The average molecular weight is 533 g/mol. The minimum absolute atomic E-state index is 0.0786. The van der Waals surface area contributed by atoms with Crippen LogP contribution in [0.2, 0.25) is 0 Å². The largest absolute Gasteiger partial charge is 0.446 e. The molecule has 2 aliphatic rings. The SMILES string of the molecule is CC1(C)CC(NC(=O)OCc2cccc(CNC(=O)OC3CC(C)(C)N([O])C(C)(C)C3)c2)CC(C)(C)N1[O]. The smallest absolute Gasteiger partial charge is 0.407 e. The van der Waals surface area contributed by atoms with Gasteiger partial charge < -0.3 is 20.1 Å². The van der Waals surface area contributed by atoms with E-state index in [2.05, 4.69) is 10.6 Å². The van der Waals surface area contributed by atoms with Crippen LogP contribution in [-0.4, -0.2) is 56.6 Å². The Morgan fingerprint density at radius 2 is 1.32 bits per heavy atom. The lowest BCUT2D eigenvalue weighted by Gasteiger charge is -2.49. The van der Waals surface area contributed by atoms with Gasteiger partial charge in [0.1, 0.15) is 12.7 Å². The Balaban J connectivity index is 1.46. The number of nitrogens with zero attached hydrogens (tertiary/aromatic N) is 2. The lowest BCUT2D eigenvalue weighted by molar-refractivity contribution is -0.298. The van der Waals surface area contributed by atoms with Crippen LogP contribution in [0.25, 0.3) is 0 Å². The summed E-state index contributed by atoms with van der Waals surface area (Å²) in [4.78, 5) is 24.9. The molecule has 10 nitrogen and oxygen atoms in total. The van der Waals surface area contributed by atoms with Crippen molar-refractivity contribution < 1.29 is 29.5 Å². The van der Waals surface area contributed by atoms with Crippen LogP contribution < -0.4 is 10.6 Å². The predicted molar refractivity (Wildman–Crippen MR) is 140 cm³/mol. The fraction of sp³-hybridized carbons (Fsp3) is 0.714. The van der Waals surface area contributed by atoms with Crippen LogP contribution in [0.3, 0.4) is 0 Å². The highest BCUT2D eigenvalue weighted by atomic mass is 16.6. The molecule has 0 saturated carbocycles. The summed E-state index contributed by atoms with van der Waals surface area (Å²) in [6, 6.07) is 7.25. The lowest BCUT2D eigenvalue weighted by Crippen LogP contribution is -2.62. The van der Waals surface area contributed by atoms with E-state index >= 15 is 0 Å². The first-order chi connectivity index (χ1) is 17.4. The molecule has 0 atom stereocenters. The fourth-order valence-corrected chi connectivity index (χ4v) is 6.17. The van der Waals surface area contributed by atoms with E-state index in [9.17, 15) is 20.0 Å². The van der Waals surface area contributed by atoms with Gasteiger partial charge in [0.25, 0.3) is 0 Å². The zero-order valence-corrected chi connectivity index (χ0v) is 24.1. The summed E-state index contributed by atoms with van der Waals surface area (Å²) in [7, 11) is 0. The maximum Gasteiger partial charge on any atom is 0.407 e. The van der Waals surface area contributed by atoms with Crippen molar-refractivity contribution in [3.63, 3.8) is 0 Å². The third kappa shape index (κ3) is 7.37. The lowest BCUT2D eigenvalue weighted by atomic mass is 9.79. The number of rotatable bonds is 6. The summed E-state index contributed by atoms with van der Waals surface area (Å²) < 4.78 is 11.1. The standard InChI is InChI=1S/C28H44N4O6/c1-25(2)13-21(14-26(3,4)31(25)35)30-24(34)37-18-20-11-9-10-19(12-20)17-29-23(33)38-22-15-27(5,6)32(36)28(7,8)16-22/h9-12,21-22H,13-18H2,1-8H3,(H,29,33)(H,30,34). The molecule has 2 fully saturated rings. The van der Waals surface area contributed by atoms with Gasteiger partial charge >= 0.3 is 12.2 Å². The summed E-state index contributed by atoms with van der Waals surface area (Å²) in [6.45, 7) is 15.3. The Hall–Kier alpha value is -2.40. The van der Waals surface area contributed by atoms with Crippen LogP contribution in [0.1, 0.15) is 92.2 Å². The summed E-state index contributed by atoms with van der Waals surface area (Å²) in [5.41, 5.74) is -0.775. The zero-order valence-electron chi connectivity index (χ0n) is 24.1. The molecular formula is C28H44N4O6. The van der Waals surface area contributed by atoms with E-state index in [4.69, 9.17) is 9.47 Å². The fourth-order valence-electron chi connectivity index (χ4n) is 6.17. The van der Waals surface area contributed by atoms with Crippen molar-refractivity contribution >= 4 is 12.2 Å². The van der Waals surface area contributed by atoms with Gasteiger partial charge in [0.2, 0.25) is 0 Å². The van der Waals surface area contributed by atoms with Crippen molar-refractivity contribution in [3.8, 4) is 0 Å². The molecule has 2 saturated heterocycles. The molecule has 0 bridgehead atoms. The topological polar surface area (TPSA) is 123 Å². The number of hydrogen-bond acceptors (Lipinski definition) is 6. The molecule has 1 aromatic rings. The van der Waals surface area contributed by atoms with Gasteiger partial charge in [-0.2, -0.15) is 0 Å². The number of nitrogens with one attached hydrogen (secondary N) is 2. The third-order valence-electron chi connectivity index (χ3n) is 7.54. The summed E-state index contributed by atoms with van der Waals surface area (Å²) in [5.74, 6) is 0. The summed E-state index contributed by atoms with van der Waals surface area (Å²) >= 11 is 0. The first-order valence-electron chi connectivity index (χ1n) is 13.3. The van der Waals surface area contributed by atoms with Crippen LogP contribution in [0.5, 0.6) is 0 Å². The Labute approximate surface area is 226 Å². The van der Waals surface area contributed by atoms with Gasteiger partial charge in [-0.15, -0.1) is 20.5 Å². The minimum atomic E-state index is -0.618. The van der Waals surface area contributed by atoms with E-state index < -0.39 is 34.3 Å². The highest BCUT2D eigenvalue weighted by Crippen LogP contribution is 2.38. The molecule has 38 heavy (non-hydrogen) atoms. The maximum absolute atomic E-state index is 12.5. The molecule has 3 rings (SSSR count). The monoisotopic (exact) mass is 532 g/mol. The molecule has 0 aliphatic carbocycles. The summed E-state index contributed by atoms with van der Waals surface area (Å²) in [6.07, 6.45) is 0.607. The van der Waals surface area contributed by atoms with Crippen LogP contribution in [-0.2, 0) is 33.0 Å². The molecule has 2 radical (unpaired) electrons. The number of piperidine rings is 2. The van der Waals surface area contributed by atoms with Crippen molar-refractivity contribution in [2.75, 3.05) is 0 Å². The number of hydroxylamine groups is 4. The molecule has 0 unspecified atom stereocenters. The van der Waals surface area contributed by atoms with Crippen molar-refractivity contribution in [1.29, 1.82) is 0 Å². The predicted octanol–water partition coefficient (Wildman–Crippen LogP) is 4.87. The molecule has 0 spiro atoms. The second-order valence-electron chi connectivity index (χ2n) is 13.3. The van der Waals surface area contributed by atoms with Crippen LogP contribution in [0.4, 0.5) is 9.59 Å². The minimum Gasteiger partial charge on any atom is -0.446 e. The molecule has 2 aliphatic heterocycles. The number of hydrogen-bond donors (Lipinski definition) is 2. The Morgan fingerprint density at radius 3 is 1.87 bits per heavy atom. The molecule has 1 aromatic carbocycles. The molecule has 0 aromatic heterocycles. The number of carbonyl (C=O) groups excluding carboxylic acids is 2. The van der Waals surface area contributed by atoms with Crippen molar-refractivity contribution in [1.82, 2.24) is 20.8 Å². The number of alkyl carbamates (subject to hydrolysis) is 2. The van der Waals surface area contributed by atoms with E-state index in [1.165, 1.54) is 0 Å². The quantitative estimate of drug-likeness (QED) is 0.539. The van der Waals surface area contributed by atoms with Gasteiger partial charge in [-0.05, 0) is 79.4 Å². The van der Waals surface area contributed by atoms with Crippen molar-refractivity contribution in [2.24, 2.45) is 0 Å². The first-order valence-corrected chi connectivity index (χ1v) is 13.3. The van der Waals surface area contributed by atoms with Crippen LogP contribution in [0, 0.1) is 0 Å². The van der Waals surface area contributed by atoms with E-state index in [1.807, 2.05) is 79.7 Å². The number of amides is 2. The normalized spacial score (nSPS) is 23.4. The Morgan fingerprint density at radius 1 is 0.816 bits per heavy atom. The molecule has 212 valence electrons. The highest BCUT2D eigenvalue weighted by Gasteiger charge is 2.48. The van der Waals surface area contributed by atoms with Gasteiger partial charge in [0.15, 0.2) is 0 Å². The maximum atomic E-state index is 12.5. The number of carbonyl (C=O) groups is 2. The first kappa shape index (κ1) is 30.1. The van der Waals surface area contributed by atoms with E-state index in [1.54, 1.807) is 0 Å². The van der Waals surface area contributed by atoms with Crippen LogP contribution in [0.15, 0.2) is 24.3 Å². The number of benzene rings is 1. The highest BCUT2D eigenvalue weighted by molar-refractivity contribution is 5.68. The zero-order chi connectivity index (χ0) is 28.5. The molecule has 2 N–H and O–H groups in total. The molecule has 10 heteroatoms. The van der Waals surface area contributed by atoms with E-state index in [0.717, 1.165) is 21.3 Å². The Kier molecular flexibility index (Phi) is 8.72. The molecule has 2 amide bonds. The molecule has 2 heterocycles. The number of ether oxygens (including phenoxy) is 2. The second kappa shape index (κ2) is 11.0. The Bertz CT molecular complexity index is 898. The van der Waals surface area contributed by atoms with Crippen molar-refractivity contribution in [2.45, 2.75) is 129 Å². The van der Waals surface area contributed by atoms with Gasteiger partial charge in [-0.25, -0.2) is 9.59 Å². The van der Waals surface area contributed by atoms with E-state index in [0.29, 0.717) is 25.7 Å². The average Bonchev–Trinajstić information content (AvgIpc) is 2.78. The van der Waals surface area contributed by atoms with Crippen molar-refractivity contribution in [3.05, 3.63) is 35.4 Å². The van der Waals surface area contributed by atoms with E-state index in [-0.39, 0.29) is 25.3 Å².